The highest BCUT2D eigenvalue weighted by Gasteiger charge is 2.16. The highest BCUT2D eigenvalue weighted by Crippen LogP contribution is 2.29. The Kier molecular flexibility index (Phi) is 5.45. The van der Waals surface area contributed by atoms with Crippen LogP contribution < -0.4 is 10.2 Å². The Morgan fingerprint density at radius 2 is 1.94 bits per heavy atom. The number of rotatable bonds is 5. The summed E-state index contributed by atoms with van der Waals surface area (Å²) in [7, 11) is 2.01. The van der Waals surface area contributed by atoms with E-state index in [-0.39, 0.29) is 0 Å². The van der Waals surface area contributed by atoms with Gasteiger partial charge in [-0.3, -0.25) is 0 Å². The lowest BCUT2D eigenvalue weighted by atomic mass is 10.2. The fourth-order valence-corrected chi connectivity index (χ4v) is 3.67. The van der Waals surface area contributed by atoms with Gasteiger partial charge in [0.05, 0.1) is 5.69 Å². The molecule has 1 aromatic rings. The molecule has 0 saturated carbocycles. The van der Waals surface area contributed by atoms with E-state index >= 15 is 0 Å². The molecule has 1 aliphatic heterocycles. The highest BCUT2D eigenvalue weighted by molar-refractivity contribution is 7.15. The normalized spacial score (nSPS) is 16.9. The Bertz CT molecular complexity index is 330. The van der Waals surface area contributed by atoms with E-state index in [1.165, 1.54) is 60.9 Å². The summed E-state index contributed by atoms with van der Waals surface area (Å²) in [5.74, 6) is 0. The molecule has 0 unspecified atom stereocenters. The number of thiazole rings is 1. The number of nitrogens with one attached hydrogen (secondary N) is 1. The lowest BCUT2D eigenvalue weighted by molar-refractivity contribution is 0.726. The number of aromatic nitrogens is 1. The number of aryl methyl sites for hydroxylation is 1. The van der Waals surface area contributed by atoms with Gasteiger partial charge in [-0.05, 0) is 26.3 Å². The molecule has 0 atom stereocenters. The first kappa shape index (κ1) is 13.8. The van der Waals surface area contributed by atoms with Gasteiger partial charge in [-0.2, -0.15) is 0 Å². The van der Waals surface area contributed by atoms with E-state index in [2.05, 4.69) is 17.1 Å². The molecule has 1 saturated heterocycles. The van der Waals surface area contributed by atoms with Crippen LogP contribution in [0.25, 0.3) is 0 Å². The molecule has 2 rings (SSSR count). The van der Waals surface area contributed by atoms with Crippen LogP contribution in [-0.2, 0) is 13.0 Å². The van der Waals surface area contributed by atoms with Gasteiger partial charge in [0.25, 0.3) is 0 Å². The molecule has 0 aliphatic carbocycles. The van der Waals surface area contributed by atoms with Gasteiger partial charge in [-0.15, -0.1) is 11.3 Å². The van der Waals surface area contributed by atoms with Gasteiger partial charge >= 0.3 is 0 Å². The van der Waals surface area contributed by atoms with Crippen LogP contribution in [0.1, 0.15) is 49.6 Å². The SMILES string of the molecule is CCCc1nc(N2CCCCCC2)sc1CNC. The fourth-order valence-electron chi connectivity index (χ4n) is 2.50. The summed E-state index contributed by atoms with van der Waals surface area (Å²) in [5.41, 5.74) is 1.32. The maximum atomic E-state index is 4.89. The fraction of sp³-hybridized carbons (Fsp3) is 0.786. The van der Waals surface area contributed by atoms with Gasteiger partial charge < -0.3 is 10.2 Å². The monoisotopic (exact) mass is 267 g/mol. The Labute approximate surface area is 115 Å². The smallest absolute Gasteiger partial charge is 0.185 e. The van der Waals surface area contributed by atoms with Gasteiger partial charge in [0.15, 0.2) is 5.13 Å². The zero-order valence-corrected chi connectivity index (χ0v) is 12.5. The summed E-state index contributed by atoms with van der Waals surface area (Å²) in [5, 5.41) is 4.52. The summed E-state index contributed by atoms with van der Waals surface area (Å²) in [6.07, 6.45) is 7.70. The van der Waals surface area contributed by atoms with E-state index in [0.717, 1.165) is 13.0 Å². The van der Waals surface area contributed by atoms with Crippen LogP contribution in [-0.4, -0.2) is 25.1 Å². The van der Waals surface area contributed by atoms with E-state index in [9.17, 15) is 0 Å². The molecule has 0 bridgehead atoms. The Hall–Kier alpha value is -0.610. The van der Waals surface area contributed by atoms with Crippen molar-refractivity contribution in [1.82, 2.24) is 10.3 Å². The van der Waals surface area contributed by atoms with E-state index < -0.39 is 0 Å². The number of nitrogens with zero attached hydrogens (tertiary/aromatic N) is 2. The molecular formula is C14H25N3S. The maximum Gasteiger partial charge on any atom is 0.185 e. The number of hydrogen-bond donors (Lipinski definition) is 1. The topological polar surface area (TPSA) is 28.2 Å². The largest absolute Gasteiger partial charge is 0.348 e. The lowest BCUT2D eigenvalue weighted by Gasteiger charge is -2.18. The summed E-state index contributed by atoms with van der Waals surface area (Å²) in [6.45, 7) is 5.57. The quantitative estimate of drug-likeness (QED) is 0.888. The highest BCUT2D eigenvalue weighted by atomic mass is 32.1. The van der Waals surface area contributed by atoms with Crippen molar-refractivity contribution < 1.29 is 0 Å². The lowest BCUT2D eigenvalue weighted by Crippen LogP contribution is -2.23. The van der Waals surface area contributed by atoms with E-state index in [0.29, 0.717) is 0 Å². The second-order valence-electron chi connectivity index (χ2n) is 5.05. The number of hydrogen-bond acceptors (Lipinski definition) is 4. The van der Waals surface area contributed by atoms with Gasteiger partial charge in [0.2, 0.25) is 0 Å². The van der Waals surface area contributed by atoms with Crippen LogP contribution in [0.15, 0.2) is 0 Å². The molecule has 0 spiro atoms. The average Bonchev–Trinajstić information content (AvgIpc) is 2.62. The summed E-state index contributed by atoms with van der Waals surface area (Å²) in [4.78, 5) is 8.81. The van der Waals surface area contributed by atoms with E-state index in [4.69, 9.17) is 4.98 Å². The first-order chi connectivity index (χ1) is 8.85. The van der Waals surface area contributed by atoms with Crippen molar-refractivity contribution in [2.45, 2.75) is 52.0 Å². The third-order valence-electron chi connectivity index (χ3n) is 3.47. The maximum absolute atomic E-state index is 4.89. The van der Waals surface area contributed by atoms with Gasteiger partial charge in [-0.25, -0.2) is 4.98 Å². The van der Waals surface area contributed by atoms with Gasteiger partial charge in [0.1, 0.15) is 0 Å². The van der Waals surface area contributed by atoms with Crippen molar-refractivity contribution in [3.8, 4) is 0 Å². The van der Waals surface area contributed by atoms with Crippen molar-refractivity contribution in [2.75, 3.05) is 25.0 Å². The zero-order valence-electron chi connectivity index (χ0n) is 11.7. The minimum atomic E-state index is 0.959. The standard InChI is InChI=1S/C14H25N3S/c1-3-8-12-13(11-15-2)18-14(16-12)17-9-6-4-5-7-10-17/h15H,3-11H2,1-2H3. The molecule has 4 heteroatoms. The van der Waals surface area contributed by atoms with E-state index in [1.54, 1.807) is 0 Å². The molecule has 18 heavy (non-hydrogen) atoms. The predicted octanol–water partition coefficient (Wildman–Crippen LogP) is 3.20. The van der Waals surface area contributed by atoms with Crippen LogP contribution in [0.3, 0.4) is 0 Å². The molecular weight excluding hydrogens is 242 g/mol. The average molecular weight is 267 g/mol. The van der Waals surface area contributed by atoms with Crippen molar-refractivity contribution in [2.24, 2.45) is 0 Å². The minimum Gasteiger partial charge on any atom is -0.348 e. The van der Waals surface area contributed by atoms with Crippen molar-refractivity contribution in [3.63, 3.8) is 0 Å². The summed E-state index contributed by atoms with van der Waals surface area (Å²) >= 11 is 1.89. The second kappa shape index (κ2) is 7.10. The van der Waals surface area contributed by atoms with Crippen molar-refractivity contribution in [1.29, 1.82) is 0 Å². The van der Waals surface area contributed by atoms with Crippen LogP contribution in [0.2, 0.25) is 0 Å². The third-order valence-corrected chi connectivity index (χ3v) is 4.63. The predicted molar refractivity (Wildman–Crippen MR) is 79.6 cm³/mol. The van der Waals surface area contributed by atoms with Crippen LogP contribution in [0.5, 0.6) is 0 Å². The molecule has 1 fully saturated rings. The van der Waals surface area contributed by atoms with Gasteiger partial charge in [-0.1, -0.05) is 26.2 Å². The Morgan fingerprint density at radius 1 is 1.22 bits per heavy atom. The number of anilines is 1. The molecule has 3 nitrogen and oxygen atoms in total. The summed E-state index contributed by atoms with van der Waals surface area (Å²) < 4.78 is 0. The first-order valence-electron chi connectivity index (χ1n) is 7.23. The van der Waals surface area contributed by atoms with Crippen LogP contribution in [0, 0.1) is 0 Å². The first-order valence-corrected chi connectivity index (χ1v) is 8.05. The van der Waals surface area contributed by atoms with E-state index in [1.807, 2.05) is 18.4 Å². The van der Waals surface area contributed by atoms with Crippen LogP contribution in [0.4, 0.5) is 5.13 Å². The molecule has 1 aliphatic rings. The van der Waals surface area contributed by atoms with Crippen LogP contribution >= 0.6 is 11.3 Å². The molecule has 0 aromatic carbocycles. The molecule has 0 radical (unpaired) electrons. The Morgan fingerprint density at radius 3 is 2.56 bits per heavy atom. The third kappa shape index (κ3) is 3.45. The van der Waals surface area contributed by atoms with Gasteiger partial charge in [0, 0.05) is 24.5 Å². The second-order valence-corrected chi connectivity index (χ2v) is 6.11. The Balaban J connectivity index is 2.13. The molecule has 2 heterocycles. The zero-order chi connectivity index (χ0) is 12.8. The molecule has 1 N–H and O–H groups in total. The molecule has 0 amide bonds. The van der Waals surface area contributed by atoms with Crippen molar-refractivity contribution in [3.05, 3.63) is 10.6 Å². The summed E-state index contributed by atoms with van der Waals surface area (Å²) in [6, 6.07) is 0. The molecule has 1 aromatic heterocycles. The molecule has 102 valence electrons. The van der Waals surface area contributed by atoms with Crippen molar-refractivity contribution >= 4 is 16.5 Å². The minimum absolute atomic E-state index is 0.959.